The van der Waals surface area contributed by atoms with E-state index in [1.807, 2.05) is 5.32 Å². The Balaban J connectivity index is 1.96. The topological polar surface area (TPSA) is 66.4 Å². The maximum atomic E-state index is 14.4. The molecule has 3 aromatic carbocycles. The van der Waals surface area contributed by atoms with Gasteiger partial charge in [-0.1, -0.05) is 30.3 Å². The number of hydrogen-bond acceptors (Lipinski definition) is 2. The predicted octanol–water partition coefficient (Wildman–Crippen LogP) is 4.72. The first-order valence-electron chi connectivity index (χ1n) is 7.76. The van der Waals surface area contributed by atoms with E-state index in [4.69, 9.17) is 5.11 Å². The fourth-order valence-electron chi connectivity index (χ4n) is 2.59. The molecule has 4 nitrogen and oxygen atoms in total. The number of aromatic carboxylic acids is 1. The summed E-state index contributed by atoms with van der Waals surface area (Å²) in [5, 5.41) is 11.2. The Kier molecular flexibility index (Phi) is 4.94. The zero-order valence-electron chi connectivity index (χ0n) is 13.7. The molecule has 2 N–H and O–H groups in total. The molecule has 3 rings (SSSR count). The van der Waals surface area contributed by atoms with Crippen molar-refractivity contribution in [3.05, 3.63) is 89.2 Å². The fourth-order valence-corrected chi connectivity index (χ4v) is 2.59. The van der Waals surface area contributed by atoms with Gasteiger partial charge in [-0.2, -0.15) is 0 Å². The highest BCUT2D eigenvalue weighted by molar-refractivity contribution is 6.10. The van der Waals surface area contributed by atoms with Crippen LogP contribution in [-0.2, 0) is 0 Å². The number of carbonyl (C=O) groups excluding carboxylic acids is 1. The summed E-state index contributed by atoms with van der Waals surface area (Å²) in [6.45, 7) is 0. The van der Waals surface area contributed by atoms with E-state index in [1.165, 1.54) is 42.5 Å². The van der Waals surface area contributed by atoms with Gasteiger partial charge in [-0.15, -0.1) is 0 Å². The highest BCUT2D eigenvalue weighted by Crippen LogP contribution is 2.29. The summed E-state index contributed by atoms with van der Waals surface area (Å²) in [5.41, 5.74) is -1.34. The molecule has 0 unspecified atom stereocenters. The molecule has 3 aromatic rings. The quantitative estimate of drug-likeness (QED) is 0.697. The second-order valence-corrected chi connectivity index (χ2v) is 5.60. The molecule has 0 aromatic heterocycles. The molecule has 136 valence electrons. The van der Waals surface area contributed by atoms with Gasteiger partial charge in [-0.25, -0.2) is 18.0 Å². The number of benzene rings is 3. The van der Waals surface area contributed by atoms with Crippen LogP contribution in [0.1, 0.15) is 20.7 Å². The Morgan fingerprint density at radius 3 is 1.93 bits per heavy atom. The van der Waals surface area contributed by atoms with Crippen LogP contribution in [0.4, 0.5) is 18.9 Å². The fraction of sp³-hybridized carbons (Fsp3) is 0. The number of carbonyl (C=O) groups is 2. The Hall–Kier alpha value is -3.61. The van der Waals surface area contributed by atoms with Crippen molar-refractivity contribution in [3.8, 4) is 11.1 Å². The summed E-state index contributed by atoms with van der Waals surface area (Å²) in [5.74, 6) is -5.21. The molecule has 7 heteroatoms. The second-order valence-electron chi connectivity index (χ2n) is 5.60. The van der Waals surface area contributed by atoms with Gasteiger partial charge in [0.15, 0.2) is 0 Å². The van der Waals surface area contributed by atoms with Crippen LogP contribution in [0.3, 0.4) is 0 Å². The van der Waals surface area contributed by atoms with Gasteiger partial charge in [0.05, 0.1) is 11.1 Å². The number of halogens is 3. The van der Waals surface area contributed by atoms with Crippen LogP contribution in [-0.4, -0.2) is 17.0 Å². The Morgan fingerprint density at radius 2 is 1.33 bits per heavy atom. The summed E-state index contributed by atoms with van der Waals surface area (Å²) in [6.07, 6.45) is 0. The van der Waals surface area contributed by atoms with Crippen molar-refractivity contribution in [1.29, 1.82) is 0 Å². The lowest BCUT2D eigenvalue weighted by Gasteiger charge is -2.11. The minimum atomic E-state index is -1.35. The molecule has 0 bridgehead atoms. The number of carboxylic acid groups (broad SMARTS) is 1. The second kappa shape index (κ2) is 7.33. The number of anilines is 1. The number of hydrogen-bond donors (Lipinski definition) is 2. The number of amides is 1. The molecule has 0 saturated heterocycles. The molecule has 0 radical (unpaired) electrons. The zero-order valence-corrected chi connectivity index (χ0v) is 13.7. The van der Waals surface area contributed by atoms with Crippen molar-refractivity contribution >= 4 is 17.6 Å². The van der Waals surface area contributed by atoms with Gasteiger partial charge >= 0.3 is 5.97 Å². The van der Waals surface area contributed by atoms with E-state index in [-0.39, 0.29) is 22.3 Å². The van der Waals surface area contributed by atoms with E-state index in [9.17, 15) is 22.8 Å². The van der Waals surface area contributed by atoms with Crippen molar-refractivity contribution in [3.63, 3.8) is 0 Å². The largest absolute Gasteiger partial charge is 0.478 e. The lowest BCUT2D eigenvalue weighted by molar-refractivity contribution is 0.0692. The van der Waals surface area contributed by atoms with Gasteiger partial charge in [-0.05, 0) is 35.9 Å². The lowest BCUT2D eigenvalue weighted by atomic mass is 10.0. The van der Waals surface area contributed by atoms with Crippen LogP contribution in [0.5, 0.6) is 0 Å². The van der Waals surface area contributed by atoms with Crippen LogP contribution in [0.25, 0.3) is 11.1 Å². The smallest absolute Gasteiger partial charge is 0.336 e. The normalized spacial score (nSPS) is 10.5. The monoisotopic (exact) mass is 371 g/mol. The van der Waals surface area contributed by atoms with Crippen LogP contribution in [0.15, 0.2) is 60.7 Å². The molecule has 27 heavy (non-hydrogen) atoms. The summed E-state index contributed by atoms with van der Waals surface area (Å²) in [4.78, 5) is 23.5. The Labute approximate surface area is 151 Å². The Morgan fingerprint density at radius 1 is 0.778 bits per heavy atom. The highest BCUT2D eigenvalue weighted by atomic mass is 19.1. The van der Waals surface area contributed by atoms with Crippen LogP contribution < -0.4 is 5.32 Å². The number of rotatable bonds is 4. The standard InChI is InChI=1S/C20H12F3NO3/c21-15-8-4-3-5-12(15)11-9-16(22)18(17(23)10-11)24-19(25)13-6-1-2-7-14(13)20(26)27/h1-10H,(H,24,25)(H,26,27). The van der Waals surface area contributed by atoms with Gasteiger partial charge in [-0.3, -0.25) is 4.79 Å². The van der Waals surface area contributed by atoms with Crippen molar-refractivity contribution in [2.75, 3.05) is 5.32 Å². The van der Waals surface area contributed by atoms with Gasteiger partial charge < -0.3 is 10.4 Å². The lowest BCUT2D eigenvalue weighted by Crippen LogP contribution is -2.18. The maximum absolute atomic E-state index is 14.4. The number of nitrogens with one attached hydrogen (secondary N) is 1. The minimum absolute atomic E-state index is 0.00407. The SMILES string of the molecule is O=C(O)c1ccccc1C(=O)Nc1c(F)cc(-c2ccccc2F)cc1F. The van der Waals surface area contributed by atoms with Gasteiger partial charge in [0.25, 0.3) is 5.91 Å². The van der Waals surface area contributed by atoms with Crippen molar-refractivity contribution in [2.24, 2.45) is 0 Å². The van der Waals surface area contributed by atoms with E-state index in [0.717, 1.165) is 18.2 Å². The molecule has 0 aliphatic rings. The molecular formula is C20H12F3NO3. The minimum Gasteiger partial charge on any atom is -0.478 e. The molecule has 1 amide bonds. The van der Waals surface area contributed by atoms with Crippen LogP contribution >= 0.6 is 0 Å². The van der Waals surface area contributed by atoms with E-state index < -0.39 is 35.0 Å². The Bertz CT molecular complexity index is 1030. The summed E-state index contributed by atoms with van der Waals surface area (Å²) >= 11 is 0. The molecule has 0 spiro atoms. The van der Waals surface area contributed by atoms with Crippen molar-refractivity contribution < 1.29 is 27.9 Å². The summed E-state index contributed by atoms with van der Waals surface area (Å²) in [6, 6.07) is 12.5. The van der Waals surface area contributed by atoms with Crippen LogP contribution in [0.2, 0.25) is 0 Å². The molecule has 0 saturated carbocycles. The molecule has 0 aliphatic carbocycles. The third-order valence-electron chi connectivity index (χ3n) is 3.87. The van der Waals surface area contributed by atoms with Gasteiger partial charge in [0.2, 0.25) is 0 Å². The first-order chi connectivity index (χ1) is 12.9. The predicted molar refractivity (Wildman–Crippen MR) is 93.1 cm³/mol. The zero-order chi connectivity index (χ0) is 19.6. The molecule has 0 heterocycles. The third kappa shape index (κ3) is 3.67. The molecule has 0 aliphatic heterocycles. The first kappa shape index (κ1) is 18.2. The average molecular weight is 371 g/mol. The molecule has 0 fully saturated rings. The number of carboxylic acids is 1. The van der Waals surface area contributed by atoms with E-state index >= 15 is 0 Å². The third-order valence-corrected chi connectivity index (χ3v) is 3.87. The average Bonchev–Trinajstić information content (AvgIpc) is 2.64. The maximum Gasteiger partial charge on any atom is 0.336 e. The van der Waals surface area contributed by atoms with Crippen molar-refractivity contribution in [2.45, 2.75) is 0 Å². The summed E-state index contributed by atoms with van der Waals surface area (Å²) in [7, 11) is 0. The van der Waals surface area contributed by atoms with Crippen LogP contribution in [0, 0.1) is 17.5 Å². The van der Waals surface area contributed by atoms with Gasteiger partial charge in [0.1, 0.15) is 23.1 Å². The van der Waals surface area contributed by atoms with E-state index in [2.05, 4.69) is 0 Å². The first-order valence-corrected chi connectivity index (χ1v) is 7.76. The highest BCUT2D eigenvalue weighted by Gasteiger charge is 2.20. The van der Waals surface area contributed by atoms with Crippen molar-refractivity contribution in [1.82, 2.24) is 0 Å². The summed E-state index contributed by atoms with van der Waals surface area (Å²) < 4.78 is 42.6. The van der Waals surface area contributed by atoms with E-state index in [0.29, 0.717) is 0 Å². The molecular weight excluding hydrogens is 359 g/mol. The van der Waals surface area contributed by atoms with Gasteiger partial charge in [0, 0.05) is 5.56 Å². The van der Waals surface area contributed by atoms with E-state index in [1.54, 1.807) is 0 Å². The molecule has 0 atom stereocenters.